The van der Waals surface area contributed by atoms with E-state index in [4.69, 9.17) is 0 Å². The summed E-state index contributed by atoms with van der Waals surface area (Å²) in [5.74, 6) is 3.13. The zero-order chi connectivity index (χ0) is 19.4. The van der Waals surface area contributed by atoms with E-state index in [9.17, 15) is 13.2 Å². The van der Waals surface area contributed by atoms with Crippen molar-refractivity contribution in [1.29, 1.82) is 0 Å². The van der Waals surface area contributed by atoms with E-state index in [1.54, 1.807) is 6.92 Å². The van der Waals surface area contributed by atoms with Crippen LogP contribution in [0, 0.1) is 24.7 Å². The van der Waals surface area contributed by atoms with Gasteiger partial charge in [-0.2, -0.15) is 0 Å². The molecule has 0 atom stereocenters. The molecule has 2 saturated carbocycles. The Balaban J connectivity index is 1.51. The molecule has 0 amide bonds. The second-order valence-electron chi connectivity index (χ2n) is 8.75. The summed E-state index contributed by atoms with van der Waals surface area (Å²) in [6.45, 7) is 3.99. The van der Waals surface area contributed by atoms with E-state index < -0.39 is 6.36 Å². The van der Waals surface area contributed by atoms with Gasteiger partial charge in [0.1, 0.15) is 5.75 Å². The van der Waals surface area contributed by atoms with Gasteiger partial charge in [-0.1, -0.05) is 44.7 Å². The van der Waals surface area contributed by atoms with E-state index in [1.807, 2.05) is 12.1 Å². The van der Waals surface area contributed by atoms with Crippen LogP contribution in [0.3, 0.4) is 0 Å². The fraction of sp³-hybridized carbons (Fsp3) is 0.739. The van der Waals surface area contributed by atoms with Gasteiger partial charge >= 0.3 is 6.36 Å². The standard InChI is InChI=1S/C23H33F3O/c1-3-4-17-5-7-18(8-6-17)19-9-11-20(12-10-19)21-13-14-22(16(2)15-21)27-23(24,25)26/h13-15,17-20H,3-12H2,1-2H3. The lowest BCUT2D eigenvalue weighted by atomic mass is 9.68. The van der Waals surface area contributed by atoms with Gasteiger partial charge in [0.05, 0.1) is 0 Å². The number of halogens is 3. The minimum Gasteiger partial charge on any atom is -0.406 e. The number of aryl methyl sites for hydroxylation is 1. The number of hydrogen-bond acceptors (Lipinski definition) is 1. The predicted octanol–water partition coefficient (Wildman–Crippen LogP) is 7.77. The molecule has 0 radical (unpaired) electrons. The number of hydrogen-bond donors (Lipinski definition) is 0. The molecule has 1 aromatic carbocycles. The van der Waals surface area contributed by atoms with E-state index >= 15 is 0 Å². The minimum atomic E-state index is -4.62. The van der Waals surface area contributed by atoms with Crippen LogP contribution in [0.2, 0.25) is 0 Å². The highest BCUT2D eigenvalue weighted by Gasteiger charge is 2.33. The summed E-state index contributed by atoms with van der Waals surface area (Å²) in [6.07, 6.45) is 8.60. The molecule has 0 N–H and O–H groups in total. The van der Waals surface area contributed by atoms with Crippen molar-refractivity contribution in [2.45, 2.75) is 90.3 Å². The molecule has 0 aliphatic heterocycles. The minimum absolute atomic E-state index is 0.0798. The summed E-state index contributed by atoms with van der Waals surface area (Å²) in [6, 6.07) is 5.20. The Bertz CT molecular complexity index is 594. The number of ether oxygens (including phenoxy) is 1. The van der Waals surface area contributed by atoms with E-state index in [-0.39, 0.29) is 5.75 Å². The van der Waals surface area contributed by atoms with Crippen molar-refractivity contribution >= 4 is 0 Å². The molecule has 0 saturated heterocycles. The molecule has 2 aliphatic rings. The molecular weight excluding hydrogens is 349 g/mol. The molecule has 2 aliphatic carbocycles. The van der Waals surface area contributed by atoms with E-state index in [0.29, 0.717) is 11.5 Å². The molecule has 1 nitrogen and oxygen atoms in total. The van der Waals surface area contributed by atoms with Crippen LogP contribution in [-0.2, 0) is 0 Å². The summed E-state index contributed by atoms with van der Waals surface area (Å²) in [4.78, 5) is 0. The van der Waals surface area contributed by atoms with E-state index in [0.717, 1.165) is 17.8 Å². The highest BCUT2D eigenvalue weighted by atomic mass is 19.4. The van der Waals surface area contributed by atoms with Gasteiger partial charge < -0.3 is 4.74 Å². The Morgan fingerprint density at radius 2 is 1.52 bits per heavy atom. The lowest BCUT2D eigenvalue weighted by molar-refractivity contribution is -0.274. The van der Waals surface area contributed by atoms with Crippen LogP contribution in [0.25, 0.3) is 0 Å². The largest absolute Gasteiger partial charge is 0.573 e. The van der Waals surface area contributed by atoms with Gasteiger partial charge in [0.15, 0.2) is 0 Å². The fourth-order valence-electron chi connectivity index (χ4n) is 5.45. The molecule has 27 heavy (non-hydrogen) atoms. The van der Waals surface area contributed by atoms with Crippen molar-refractivity contribution in [1.82, 2.24) is 0 Å². The average molecular weight is 383 g/mol. The molecule has 152 valence electrons. The van der Waals surface area contributed by atoms with Crippen LogP contribution in [0.4, 0.5) is 13.2 Å². The van der Waals surface area contributed by atoms with Crippen molar-refractivity contribution in [3.05, 3.63) is 29.3 Å². The Morgan fingerprint density at radius 1 is 0.926 bits per heavy atom. The lowest BCUT2D eigenvalue weighted by Gasteiger charge is -2.38. The van der Waals surface area contributed by atoms with E-state index in [2.05, 4.69) is 11.7 Å². The summed E-state index contributed by atoms with van der Waals surface area (Å²) in [7, 11) is 0. The highest BCUT2D eigenvalue weighted by Crippen LogP contribution is 2.45. The van der Waals surface area contributed by atoms with Crippen LogP contribution < -0.4 is 4.74 Å². The third-order valence-corrected chi connectivity index (χ3v) is 6.92. The summed E-state index contributed by atoms with van der Waals surface area (Å²) in [5, 5.41) is 0. The average Bonchev–Trinajstić information content (AvgIpc) is 2.63. The smallest absolute Gasteiger partial charge is 0.406 e. The van der Waals surface area contributed by atoms with Crippen molar-refractivity contribution in [3.63, 3.8) is 0 Å². The maximum atomic E-state index is 12.4. The van der Waals surface area contributed by atoms with Crippen LogP contribution >= 0.6 is 0 Å². The molecule has 0 unspecified atom stereocenters. The normalized spacial score (nSPS) is 29.5. The molecule has 2 fully saturated rings. The monoisotopic (exact) mass is 382 g/mol. The molecule has 3 rings (SSSR count). The first-order valence-corrected chi connectivity index (χ1v) is 10.7. The molecule has 1 aromatic rings. The quantitative estimate of drug-likeness (QED) is 0.505. The van der Waals surface area contributed by atoms with Gasteiger partial charge in [0, 0.05) is 0 Å². The molecule has 0 heterocycles. The van der Waals surface area contributed by atoms with Crippen LogP contribution in [0.1, 0.15) is 88.2 Å². The number of alkyl halides is 3. The van der Waals surface area contributed by atoms with E-state index in [1.165, 1.54) is 75.8 Å². The number of rotatable bonds is 5. The van der Waals surface area contributed by atoms with Gasteiger partial charge in [-0.25, -0.2) is 0 Å². The molecule has 0 aromatic heterocycles. The summed E-state index contributed by atoms with van der Waals surface area (Å²) in [5.41, 5.74) is 1.74. The summed E-state index contributed by atoms with van der Waals surface area (Å²) >= 11 is 0. The van der Waals surface area contributed by atoms with Gasteiger partial charge in [-0.15, -0.1) is 13.2 Å². The zero-order valence-electron chi connectivity index (χ0n) is 16.7. The van der Waals surface area contributed by atoms with Gasteiger partial charge in [-0.05, 0) is 86.3 Å². The van der Waals surface area contributed by atoms with Gasteiger partial charge in [-0.3, -0.25) is 0 Å². The Morgan fingerprint density at radius 3 is 2.04 bits per heavy atom. The second-order valence-corrected chi connectivity index (χ2v) is 8.75. The Labute approximate surface area is 161 Å². The molecule has 0 spiro atoms. The zero-order valence-corrected chi connectivity index (χ0v) is 16.7. The van der Waals surface area contributed by atoms with Gasteiger partial charge in [0.25, 0.3) is 0 Å². The molecular formula is C23H33F3O. The highest BCUT2D eigenvalue weighted by molar-refractivity contribution is 5.38. The molecule has 4 heteroatoms. The summed E-state index contributed by atoms with van der Waals surface area (Å²) < 4.78 is 41.4. The third kappa shape index (κ3) is 5.65. The second kappa shape index (κ2) is 8.87. The maximum Gasteiger partial charge on any atom is 0.573 e. The van der Waals surface area contributed by atoms with Crippen molar-refractivity contribution in [2.75, 3.05) is 0 Å². The van der Waals surface area contributed by atoms with Crippen LogP contribution in [-0.4, -0.2) is 6.36 Å². The topological polar surface area (TPSA) is 9.23 Å². The van der Waals surface area contributed by atoms with Crippen molar-refractivity contribution < 1.29 is 17.9 Å². The predicted molar refractivity (Wildman–Crippen MR) is 103 cm³/mol. The fourth-order valence-corrected chi connectivity index (χ4v) is 5.45. The first kappa shape index (κ1) is 20.5. The van der Waals surface area contributed by atoms with Crippen molar-refractivity contribution in [3.8, 4) is 5.75 Å². The SMILES string of the molecule is CCCC1CCC(C2CCC(c3ccc(OC(F)(F)F)c(C)c3)CC2)CC1. The maximum absolute atomic E-state index is 12.4. The Kier molecular flexibility index (Phi) is 6.75. The van der Waals surface area contributed by atoms with Crippen molar-refractivity contribution in [2.24, 2.45) is 17.8 Å². The number of benzene rings is 1. The molecule has 0 bridgehead atoms. The Hall–Kier alpha value is -1.19. The van der Waals surface area contributed by atoms with Crippen LogP contribution in [0.5, 0.6) is 5.75 Å². The van der Waals surface area contributed by atoms with Crippen LogP contribution in [0.15, 0.2) is 18.2 Å². The third-order valence-electron chi connectivity index (χ3n) is 6.92. The first-order chi connectivity index (χ1) is 12.9. The first-order valence-electron chi connectivity index (χ1n) is 10.7. The lowest BCUT2D eigenvalue weighted by Crippen LogP contribution is -2.25. The van der Waals surface area contributed by atoms with Gasteiger partial charge in [0.2, 0.25) is 0 Å².